The summed E-state index contributed by atoms with van der Waals surface area (Å²) in [6, 6.07) is 11.9. The van der Waals surface area contributed by atoms with Crippen LogP contribution in [0.5, 0.6) is 0 Å². The molecule has 3 rings (SSSR count). The molecule has 0 radical (unpaired) electrons. The van der Waals surface area contributed by atoms with Gasteiger partial charge in [0.1, 0.15) is 6.61 Å². The Kier molecular flexibility index (Phi) is 5.28. The minimum Gasteiger partial charge on any atom is -0.465 e. The molecule has 2 N–H and O–H groups in total. The number of ether oxygens (including phenoxy) is 2. The number of nitrogens with zero attached hydrogens (tertiary/aromatic N) is 1. The number of aryl methyl sites for hydroxylation is 1. The Labute approximate surface area is 160 Å². The van der Waals surface area contributed by atoms with E-state index in [0.717, 1.165) is 5.39 Å². The van der Waals surface area contributed by atoms with Gasteiger partial charge in [-0.05, 0) is 36.8 Å². The highest BCUT2D eigenvalue weighted by atomic mass is 35.5. The normalized spacial score (nSPS) is 10.6. The molecule has 138 valence electrons. The van der Waals surface area contributed by atoms with Gasteiger partial charge in [0, 0.05) is 5.39 Å². The Morgan fingerprint density at radius 2 is 1.89 bits per heavy atom. The number of carbonyl (C=O) groups is 2. The van der Waals surface area contributed by atoms with E-state index in [2.05, 4.69) is 4.98 Å². The van der Waals surface area contributed by atoms with Crippen LogP contribution in [0.1, 0.15) is 32.0 Å². The van der Waals surface area contributed by atoms with Crippen molar-refractivity contribution >= 4 is 40.1 Å². The average molecular weight is 385 g/mol. The summed E-state index contributed by atoms with van der Waals surface area (Å²) < 4.78 is 10.2. The Morgan fingerprint density at radius 1 is 1.15 bits per heavy atom. The second kappa shape index (κ2) is 7.63. The highest BCUT2D eigenvalue weighted by molar-refractivity contribution is 6.33. The minimum atomic E-state index is -0.596. The zero-order valence-corrected chi connectivity index (χ0v) is 15.5. The van der Waals surface area contributed by atoms with Gasteiger partial charge in [-0.2, -0.15) is 0 Å². The van der Waals surface area contributed by atoms with E-state index in [1.54, 1.807) is 0 Å². The molecule has 6 nitrogen and oxygen atoms in total. The van der Waals surface area contributed by atoms with E-state index in [1.165, 1.54) is 25.3 Å². The lowest BCUT2D eigenvalue weighted by Gasteiger charge is -2.13. The number of benzene rings is 2. The summed E-state index contributed by atoms with van der Waals surface area (Å²) >= 11 is 5.86. The molecule has 3 aromatic rings. The van der Waals surface area contributed by atoms with Gasteiger partial charge in [0.15, 0.2) is 0 Å². The monoisotopic (exact) mass is 384 g/mol. The number of aromatic nitrogens is 1. The van der Waals surface area contributed by atoms with Crippen LogP contribution < -0.4 is 5.73 Å². The molecule has 0 aliphatic rings. The number of nitrogen functional groups attached to an aromatic ring is 1. The van der Waals surface area contributed by atoms with Crippen LogP contribution in [0.3, 0.4) is 0 Å². The number of pyridine rings is 1. The van der Waals surface area contributed by atoms with E-state index in [1.807, 2.05) is 31.2 Å². The number of esters is 2. The first-order valence-electron chi connectivity index (χ1n) is 8.11. The fourth-order valence-corrected chi connectivity index (χ4v) is 2.92. The third kappa shape index (κ3) is 3.71. The molecule has 7 heteroatoms. The number of hydrogen-bond acceptors (Lipinski definition) is 6. The quantitative estimate of drug-likeness (QED) is 0.541. The second-order valence-electron chi connectivity index (χ2n) is 5.88. The van der Waals surface area contributed by atoms with Gasteiger partial charge in [0.2, 0.25) is 0 Å². The van der Waals surface area contributed by atoms with E-state index >= 15 is 0 Å². The number of nitrogens with two attached hydrogens (primary N) is 1. The van der Waals surface area contributed by atoms with E-state index in [0.29, 0.717) is 27.4 Å². The summed E-state index contributed by atoms with van der Waals surface area (Å²) in [5.41, 5.74) is 8.29. The standard InChI is InChI=1S/C20H17ClN2O4/c1-11-13-5-3-4-6-16(13)23-17(18(11)20(25)26-2)10-27-19(24)12-7-8-14(21)15(22)9-12/h3-9H,10,22H2,1-2H3. The summed E-state index contributed by atoms with van der Waals surface area (Å²) in [4.78, 5) is 29.1. The molecule has 0 amide bonds. The number of halogens is 1. The Balaban J connectivity index is 1.94. The first kappa shape index (κ1) is 18.7. The fraction of sp³-hybridized carbons (Fsp3) is 0.150. The Bertz CT molecular complexity index is 1050. The second-order valence-corrected chi connectivity index (χ2v) is 6.29. The van der Waals surface area contributed by atoms with Crippen LogP contribution in [0.15, 0.2) is 42.5 Å². The van der Waals surface area contributed by atoms with Gasteiger partial charge in [-0.25, -0.2) is 14.6 Å². The number of rotatable bonds is 4. The van der Waals surface area contributed by atoms with Crippen molar-refractivity contribution in [3.8, 4) is 0 Å². The van der Waals surface area contributed by atoms with Crippen LogP contribution >= 0.6 is 11.6 Å². The smallest absolute Gasteiger partial charge is 0.340 e. The number of hydrogen-bond donors (Lipinski definition) is 1. The maximum absolute atomic E-state index is 12.3. The molecular weight excluding hydrogens is 368 g/mol. The fourth-order valence-electron chi connectivity index (χ4n) is 2.81. The van der Waals surface area contributed by atoms with Gasteiger partial charge >= 0.3 is 11.9 Å². The molecule has 0 saturated heterocycles. The van der Waals surface area contributed by atoms with Crippen molar-refractivity contribution in [1.82, 2.24) is 4.98 Å². The molecule has 0 spiro atoms. The van der Waals surface area contributed by atoms with Crippen LogP contribution in [-0.2, 0) is 16.1 Å². The number of fused-ring (bicyclic) bond motifs is 1. The van der Waals surface area contributed by atoms with E-state index < -0.39 is 11.9 Å². The van der Waals surface area contributed by atoms with Crippen molar-refractivity contribution < 1.29 is 19.1 Å². The van der Waals surface area contributed by atoms with Crippen LogP contribution in [-0.4, -0.2) is 24.0 Å². The number of methoxy groups -OCH3 is 1. The van der Waals surface area contributed by atoms with Gasteiger partial charge in [-0.15, -0.1) is 0 Å². The molecule has 0 fully saturated rings. The van der Waals surface area contributed by atoms with Crippen molar-refractivity contribution in [2.24, 2.45) is 0 Å². The molecule has 0 aliphatic carbocycles. The third-order valence-electron chi connectivity index (χ3n) is 4.19. The lowest BCUT2D eigenvalue weighted by Crippen LogP contribution is -2.14. The summed E-state index contributed by atoms with van der Waals surface area (Å²) in [5.74, 6) is -1.13. The molecule has 1 aromatic heterocycles. The predicted octanol–water partition coefficient (Wildman–Crippen LogP) is 3.92. The van der Waals surface area contributed by atoms with Crippen LogP contribution in [0.25, 0.3) is 10.9 Å². The molecule has 0 saturated carbocycles. The van der Waals surface area contributed by atoms with Crippen molar-refractivity contribution in [1.29, 1.82) is 0 Å². The van der Waals surface area contributed by atoms with E-state index in [4.69, 9.17) is 26.8 Å². The van der Waals surface area contributed by atoms with Crippen molar-refractivity contribution in [3.05, 3.63) is 69.9 Å². The summed E-state index contributed by atoms with van der Waals surface area (Å²) in [5, 5.41) is 1.18. The molecule has 0 aliphatic heterocycles. The third-order valence-corrected chi connectivity index (χ3v) is 4.53. The summed E-state index contributed by atoms with van der Waals surface area (Å²) in [7, 11) is 1.29. The Hall–Kier alpha value is -3.12. The largest absolute Gasteiger partial charge is 0.465 e. The molecule has 0 bridgehead atoms. The molecule has 2 aromatic carbocycles. The Morgan fingerprint density at radius 3 is 2.59 bits per heavy atom. The number of anilines is 1. The van der Waals surface area contributed by atoms with Gasteiger partial charge in [0.25, 0.3) is 0 Å². The predicted molar refractivity (Wildman–Crippen MR) is 103 cm³/mol. The number of para-hydroxylation sites is 1. The minimum absolute atomic E-state index is 0.183. The van der Waals surface area contributed by atoms with Gasteiger partial charge in [-0.3, -0.25) is 0 Å². The molecule has 27 heavy (non-hydrogen) atoms. The van der Waals surface area contributed by atoms with Crippen molar-refractivity contribution in [3.63, 3.8) is 0 Å². The maximum Gasteiger partial charge on any atom is 0.340 e. The zero-order valence-electron chi connectivity index (χ0n) is 14.8. The first-order valence-corrected chi connectivity index (χ1v) is 8.49. The van der Waals surface area contributed by atoms with E-state index in [-0.39, 0.29) is 17.9 Å². The van der Waals surface area contributed by atoms with Crippen LogP contribution in [0, 0.1) is 6.92 Å². The van der Waals surface area contributed by atoms with Gasteiger partial charge in [0.05, 0.1) is 40.2 Å². The highest BCUT2D eigenvalue weighted by Gasteiger charge is 2.21. The van der Waals surface area contributed by atoms with Crippen molar-refractivity contribution in [2.45, 2.75) is 13.5 Å². The lowest BCUT2D eigenvalue weighted by molar-refractivity contribution is 0.0455. The summed E-state index contributed by atoms with van der Waals surface area (Å²) in [6.07, 6.45) is 0. The summed E-state index contributed by atoms with van der Waals surface area (Å²) in [6.45, 7) is 1.62. The number of carbonyl (C=O) groups excluding carboxylic acids is 2. The molecule has 0 atom stereocenters. The first-order chi connectivity index (χ1) is 12.9. The topological polar surface area (TPSA) is 91.5 Å². The molecular formula is C20H17ClN2O4. The average Bonchev–Trinajstić information content (AvgIpc) is 2.67. The van der Waals surface area contributed by atoms with Crippen molar-refractivity contribution in [2.75, 3.05) is 12.8 Å². The highest BCUT2D eigenvalue weighted by Crippen LogP contribution is 2.25. The SMILES string of the molecule is COC(=O)c1c(COC(=O)c2ccc(Cl)c(N)c2)nc2ccccc2c1C. The zero-order chi connectivity index (χ0) is 19.6. The maximum atomic E-state index is 12.3. The molecule has 0 unspecified atom stereocenters. The van der Waals surface area contributed by atoms with Gasteiger partial charge in [-0.1, -0.05) is 29.8 Å². The van der Waals surface area contributed by atoms with Crippen LogP contribution in [0.2, 0.25) is 5.02 Å². The van der Waals surface area contributed by atoms with E-state index in [9.17, 15) is 9.59 Å². The van der Waals surface area contributed by atoms with Crippen LogP contribution in [0.4, 0.5) is 5.69 Å². The molecule has 1 heterocycles. The van der Waals surface area contributed by atoms with Gasteiger partial charge < -0.3 is 15.2 Å². The lowest BCUT2D eigenvalue weighted by atomic mass is 10.0.